The Hall–Kier alpha value is -3.88. The highest BCUT2D eigenvalue weighted by Crippen LogP contribution is 2.42. The van der Waals surface area contributed by atoms with Gasteiger partial charge in [-0.3, -0.25) is 14.4 Å². The number of carboxylic acid groups (broad SMARTS) is 1. The van der Waals surface area contributed by atoms with Crippen molar-refractivity contribution in [1.29, 1.82) is 0 Å². The maximum atomic E-state index is 14.0. The van der Waals surface area contributed by atoms with Gasteiger partial charge in [-0.25, -0.2) is 4.79 Å². The number of aliphatic hydroxyl groups excluding tert-OH is 19. The highest BCUT2D eigenvalue weighted by atomic mass is 16.8. The number of rotatable bonds is 62. The molecule has 39 nitrogen and oxygen atoms in total. The van der Waals surface area contributed by atoms with E-state index in [-0.39, 0.29) is 6.42 Å². The molecule has 6 aliphatic heterocycles. The standard InChI is InChI=1S/C87H155N3O36/c1-5-7-9-11-13-15-17-19-20-21-22-23-24-25-26-27-28-30-32-34-36-38-40-42-61(101)89-53(54(98)41-39-37-35-33-31-29-18-16-14-12-10-8-6-2)50-115-82-73(111)71(109)75(59(47-94)119-82)121-84-74(112)79(126-87(86(113)114)43-55(99)63(90-62(102)49-96)78(125-87)66(104)56(100)44-91)76(60(48-95)120-84)122-81-64(88-52(4)97)77(68(106)58(46-93)117-81)123-85-80(70(108)67(105)57(45-92)118-85)124-83-72(110)69(107)65(103)51(3)116-83/h19-20,39,41,51,53-60,63-85,91-96,98-100,103-112H,5-18,21-38,40,42-50H2,1-4H3,(H,88,97)(H,89,101)(H,90,102)(H,113,114)/b20-19-,41-39+/t51?,53-,54+,55?,56+,57?,58?,59?,60?,63+,64?,65+,66+,67-,68-,69?,70-,71+,72-,73?,74?,75+,76-,77+,78?,79+,80?,81-,82+,83+,84-,85-,87-/m0/s1. The Balaban J connectivity index is 1.21. The number of hydrogen-bond acceptors (Lipinski definition) is 35. The molecule has 6 rings (SSSR count). The Bertz CT molecular complexity index is 3030. The Kier molecular flexibility index (Phi) is 52.5. The van der Waals surface area contributed by atoms with Crippen molar-refractivity contribution >= 4 is 23.7 Å². The highest BCUT2D eigenvalue weighted by molar-refractivity contribution is 5.78. The molecular formula is C87H155N3O36. The van der Waals surface area contributed by atoms with Crippen molar-refractivity contribution < 1.29 is 178 Å². The van der Waals surface area contributed by atoms with Crippen LogP contribution < -0.4 is 16.0 Å². The van der Waals surface area contributed by atoms with Gasteiger partial charge in [0, 0.05) is 19.8 Å². The molecule has 0 aromatic carbocycles. The van der Waals surface area contributed by atoms with E-state index < -0.39 is 278 Å². The van der Waals surface area contributed by atoms with Gasteiger partial charge in [0.05, 0.1) is 70.0 Å². The van der Waals surface area contributed by atoms with Gasteiger partial charge in [-0.15, -0.1) is 0 Å². The minimum atomic E-state index is -3.50. The second kappa shape index (κ2) is 59.7. The van der Waals surface area contributed by atoms with Gasteiger partial charge in [0.15, 0.2) is 31.5 Å². The van der Waals surface area contributed by atoms with Gasteiger partial charge in [0.25, 0.3) is 5.79 Å². The van der Waals surface area contributed by atoms with Gasteiger partial charge in [-0.05, 0) is 51.9 Å². The molecule has 734 valence electrons. The first-order valence-corrected chi connectivity index (χ1v) is 46.3. The van der Waals surface area contributed by atoms with Crippen LogP contribution in [0.25, 0.3) is 0 Å². The minimum absolute atomic E-state index is 0.108. The van der Waals surface area contributed by atoms with Crippen molar-refractivity contribution in [3.8, 4) is 0 Å². The number of aliphatic hydroxyl groups is 19. The lowest BCUT2D eigenvalue weighted by Gasteiger charge is -2.53. The average molecular weight is 1820 g/mol. The summed E-state index contributed by atoms with van der Waals surface area (Å²) in [6, 6.07) is -5.17. The van der Waals surface area contributed by atoms with E-state index in [4.69, 9.17) is 56.8 Å². The molecule has 6 heterocycles. The first kappa shape index (κ1) is 111. The Morgan fingerprint density at radius 2 is 0.881 bits per heavy atom. The van der Waals surface area contributed by atoms with E-state index in [9.17, 15) is 121 Å². The van der Waals surface area contributed by atoms with Crippen LogP contribution in [0, 0.1) is 0 Å². The average Bonchev–Trinajstić information content (AvgIpc) is 0.743. The number of aliphatic carboxylic acids is 1. The number of hydrogen-bond donors (Lipinski definition) is 23. The second-order valence-corrected chi connectivity index (χ2v) is 34.6. The SMILES string of the molecule is CCCCCCCC/C=C\CCCCCCCCCCCCCCCC(=O)N[C@@H](CO[C@@H]1OC(CO)[C@@H](O[C@@H]2OC(CO)[C@H](O[C@@H]3OC(CO)[C@H](O)[C@H](O[C@@H]4OC(CO)[C@H](O)[C@H](O)C4O[C@H]4OC(C)[C@@H](O)C(O)[C@@H]4O)C3NC(C)=O)[C@H](O[C@]3(C(=O)O)CC(O)[C@@H](NC(=O)CO)C([C@H](O)[C@H](O)CO)O3)C2O)[C@H](O)C1O)[C@H](O)/C=C/CCCCCCCCCCCCC. The van der Waals surface area contributed by atoms with Crippen molar-refractivity contribution in [2.45, 2.75) is 454 Å². The van der Waals surface area contributed by atoms with E-state index in [1.807, 2.05) is 0 Å². The first-order chi connectivity index (χ1) is 60.5. The Labute approximate surface area is 739 Å². The normalized spacial score (nSPS) is 34.9. The predicted octanol–water partition coefficient (Wildman–Crippen LogP) is -0.321. The number of amides is 3. The lowest BCUT2D eigenvalue weighted by Crippen LogP contribution is -2.72. The van der Waals surface area contributed by atoms with Gasteiger partial charge in [0.2, 0.25) is 17.7 Å². The lowest BCUT2D eigenvalue weighted by atomic mass is 9.88. The molecule has 39 heteroatoms. The van der Waals surface area contributed by atoms with Crippen LogP contribution in [0.3, 0.4) is 0 Å². The zero-order valence-corrected chi connectivity index (χ0v) is 74.0. The van der Waals surface area contributed by atoms with Crippen LogP contribution >= 0.6 is 0 Å². The molecule has 0 aliphatic carbocycles. The third-order valence-corrected chi connectivity index (χ3v) is 24.4. The summed E-state index contributed by atoms with van der Waals surface area (Å²) in [7, 11) is 0. The number of allylic oxidation sites excluding steroid dienone is 3. The molecule has 0 aromatic rings. The van der Waals surface area contributed by atoms with E-state index in [0.29, 0.717) is 12.8 Å². The van der Waals surface area contributed by atoms with Crippen molar-refractivity contribution in [1.82, 2.24) is 16.0 Å². The molecule has 23 N–H and O–H groups in total. The number of unbranched alkanes of at least 4 members (excludes halogenated alkanes) is 30. The molecule has 0 saturated carbocycles. The third kappa shape index (κ3) is 34.5. The van der Waals surface area contributed by atoms with Crippen molar-refractivity contribution in [3.63, 3.8) is 0 Å². The molecule has 126 heavy (non-hydrogen) atoms. The smallest absolute Gasteiger partial charge is 0.364 e. The van der Waals surface area contributed by atoms with Gasteiger partial charge in [-0.2, -0.15) is 0 Å². The molecule has 6 saturated heterocycles. The quantitative estimate of drug-likeness (QED) is 0.0274. The van der Waals surface area contributed by atoms with Gasteiger partial charge in [-0.1, -0.05) is 205 Å². The molecule has 6 aliphatic rings. The van der Waals surface area contributed by atoms with E-state index in [1.165, 1.54) is 141 Å². The summed E-state index contributed by atoms with van der Waals surface area (Å²) in [5.41, 5.74) is 0. The maximum absolute atomic E-state index is 14.0. The van der Waals surface area contributed by atoms with Crippen LogP contribution in [-0.4, -0.2) is 374 Å². The van der Waals surface area contributed by atoms with Crippen molar-refractivity contribution in [3.05, 3.63) is 24.3 Å². The van der Waals surface area contributed by atoms with Gasteiger partial charge < -0.3 is 175 Å². The van der Waals surface area contributed by atoms with E-state index in [1.54, 1.807) is 6.08 Å². The number of carboxylic acids is 1. The number of carbonyl (C=O) groups is 4. The predicted molar refractivity (Wildman–Crippen MR) is 448 cm³/mol. The fourth-order valence-electron chi connectivity index (χ4n) is 16.8. The molecule has 3 amide bonds. The summed E-state index contributed by atoms with van der Waals surface area (Å²) >= 11 is 0. The number of carbonyl (C=O) groups excluding carboxylic acids is 3. The highest BCUT2D eigenvalue weighted by Gasteiger charge is 2.63. The Morgan fingerprint density at radius 3 is 1.40 bits per heavy atom. The molecule has 33 atom stereocenters. The van der Waals surface area contributed by atoms with Crippen LogP contribution in [-0.2, 0) is 76.0 Å². The van der Waals surface area contributed by atoms with E-state index in [2.05, 4.69) is 41.9 Å². The summed E-state index contributed by atoms with van der Waals surface area (Å²) in [5, 5.41) is 232. The van der Waals surface area contributed by atoms with E-state index >= 15 is 0 Å². The fraction of sp³-hybridized carbons (Fsp3) is 0.908. The van der Waals surface area contributed by atoms with Crippen LogP contribution in [0.1, 0.15) is 252 Å². The molecule has 0 aromatic heterocycles. The topological polar surface area (TPSA) is 620 Å². The van der Waals surface area contributed by atoms with Crippen LogP contribution in [0.4, 0.5) is 0 Å². The lowest BCUT2D eigenvalue weighted by molar-refractivity contribution is -0.405. The second-order valence-electron chi connectivity index (χ2n) is 34.6. The van der Waals surface area contributed by atoms with Crippen molar-refractivity contribution in [2.24, 2.45) is 0 Å². The summed E-state index contributed by atoms with van der Waals surface area (Å²) in [5.74, 6) is -8.38. The zero-order chi connectivity index (χ0) is 92.4. The Morgan fingerprint density at radius 1 is 0.437 bits per heavy atom. The summed E-state index contributed by atoms with van der Waals surface area (Å²) in [6.07, 6.45) is -16.4. The molecule has 0 bridgehead atoms. The number of nitrogens with one attached hydrogen (secondary N) is 3. The molecule has 0 radical (unpaired) electrons. The molecule has 0 spiro atoms. The van der Waals surface area contributed by atoms with Crippen LogP contribution in [0.15, 0.2) is 24.3 Å². The third-order valence-electron chi connectivity index (χ3n) is 24.4. The van der Waals surface area contributed by atoms with Crippen LogP contribution in [0.5, 0.6) is 0 Å². The van der Waals surface area contributed by atoms with E-state index in [0.717, 1.165) is 77.6 Å². The summed E-state index contributed by atoms with van der Waals surface area (Å²) < 4.78 is 72.6. The molecule has 12 unspecified atom stereocenters. The summed E-state index contributed by atoms with van der Waals surface area (Å²) in [6.45, 7) is -1.08. The van der Waals surface area contributed by atoms with Gasteiger partial charge in [0.1, 0.15) is 141 Å². The number of ether oxygens (including phenoxy) is 12. The fourth-order valence-corrected chi connectivity index (χ4v) is 16.8. The zero-order valence-electron chi connectivity index (χ0n) is 74.0. The van der Waals surface area contributed by atoms with Crippen molar-refractivity contribution in [2.75, 3.05) is 46.2 Å². The molecular weight excluding hydrogens is 1660 g/mol. The van der Waals surface area contributed by atoms with Gasteiger partial charge >= 0.3 is 5.97 Å². The largest absolute Gasteiger partial charge is 0.477 e. The molecule has 6 fully saturated rings. The summed E-state index contributed by atoms with van der Waals surface area (Å²) in [4.78, 5) is 53.9. The maximum Gasteiger partial charge on any atom is 0.364 e. The minimum Gasteiger partial charge on any atom is -0.477 e. The monoisotopic (exact) mass is 1820 g/mol. The van der Waals surface area contributed by atoms with Crippen LogP contribution in [0.2, 0.25) is 0 Å². The first-order valence-electron chi connectivity index (χ1n) is 46.3.